The highest BCUT2D eigenvalue weighted by molar-refractivity contribution is 6.01. The molecule has 0 aliphatic heterocycles. The first-order chi connectivity index (χ1) is 16.4. The van der Waals surface area contributed by atoms with Crippen LogP contribution in [0.15, 0.2) is 53.0 Å². The molecule has 0 bridgehead atoms. The lowest BCUT2D eigenvalue weighted by Crippen LogP contribution is -2.08. The maximum atomic E-state index is 11.9. The van der Waals surface area contributed by atoms with Crippen LogP contribution in [0.2, 0.25) is 0 Å². The van der Waals surface area contributed by atoms with Gasteiger partial charge in [-0.3, -0.25) is 0 Å². The van der Waals surface area contributed by atoms with Crippen LogP contribution < -0.4 is 0 Å². The molecule has 34 heavy (non-hydrogen) atoms. The van der Waals surface area contributed by atoms with Crippen molar-refractivity contribution in [3.63, 3.8) is 0 Å². The van der Waals surface area contributed by atoms with Gasteiger partial charge in [-0.2, -0.15) is 0 Å². The summed E-state index contributed by atoms with van der Waals surface area (Å²) < 4.78 is 4.67. The Bertz CT molecular complexity index is 1050. The summed E-state index contributed by atoms with van der Waals surface area (Å²) in [5, 5.41) is 10.7. The van der Waals surface area contributed by atoms with Crippen molar-refractivity contribution in [1.82, 2.24) is 4.98 Å². The van der Waals surface area contributed by atoms with Crippen molar-refractivity contribution in [2.75, 3.05) is 14.2 Å². The van der Waals surface area contributed by atoms with E-state index < -0.39 is 5.97 Å². The fourth-order valence-corrected chi connectivity index (χ4v) is 2.88. The second-order valence-corrected chi connectivity index (χ2v) is 6.89. The first-order valence-corrected chi connectivity index (χ1v) is 11.5. The third kappa shape index (κ3) is 8.71. The van der Waals surface area contributed by atoms with Gasteiger partial charge in [0.15, 0.2) is 5.57 Å². The fraction of sp³-hybridized carbons (Fsp3) is 0.345. The van der Waals surface area contributed by atoms with Crippen molar-refractivity contribution in [3.05, 3.63) is 64.9 Å². The van der Waals surface area contributed by atoms with Gasteiger partial charge in [0.05, 0.1) is 18.5 Å². The van der Waals surface area contributed by atoms with E-state index in [1.807, 2.05) is 58.9 Å². The van der Waals surface area contributed by atoms with Gasteiger partial charge < -0.3 is 14.8 Å². The molecule has 0 aliphatic carbocycles. The summed E-state index contributed by atoms with van der Waals surface area (Å²) in [4.78, 5) is 20.2. The zero-order valence-corrected chi connectivity index (χ0v) is 21.8. The largest absolute Gasteiger partial charge is 0.506 e. The zero-order valence-electron chi connectivity index (χ0n) is 21.8. The third-order valence-corrected chi connectivity index (χ3v) is 4.75. The van der Waals surface area contributed by atoms with Crippen LogP contribution in [-0.4, -0.2) is 36.4 Å². The first kappa shape index (κ1) is 30.4. The summed E-state index contributed by atoms with van der Waals surface area (Å²) in [6, 6.07) is 11.8. The van der Waals surface area contributed by atoms with E-state index >= 15 is 0 Å². The van der Waals surface area contributed by atoms with Gasteiger partial charge in [0.1, 0.15) is 5.76 Å². The maximum absolute atomic E-state index is 11.9. The molecule has 182 valence electrons. The number of benzene rings is 1. The van der Waals surface area contributed by atoms with Crippen molar-refractivity contribution >= 4 is 23.5 Å². The zero-order chi connectivity index (χ0) is 26.1. The average Bonchev–Trinajstić information content (AvgIpc) is 2.89. The van der Waals surface area contributed by atoms with E-state index in [1.54, 1.807) is 19.3 Å². The second-order valence-electron chi connectivity index (χ2n) is 6.89. The van der Waals surface area contributed by atoms with E-state index in [0.717, 1.165) is 29.7 Å². The number of terminal acetylenes is 1. The van der Waals surface area contributed by atoms with Crippen LogP contribution in [0.4, 0.5) is 0 Å². The summed E-state index contributed by atoms with van der Waals surface area (Å²) in [7, 11) is 2.97. The van der Waals surface area contributed by atoms with E-state index in [4.69, 9.17) is 11.4 Å². The third-order valence-electron chi connectivity index (χ3n) is 4.75. The standard InChI is InChI=1S/C24H25NO3.C3H7N.C2H6/c1-6-10-17-11-9-12-18(15-17)21-14-13-20(22(25-21)16(4)7-2)23(26)19(8-3)24(27)28-5;1-3-4-2;1-2/h3,7,9,11-15,26H,6,10H2,1-2,4-5H3;3H,1-2H3;1-2H3/b16-7-,23-19-;;. The smallest absolute Gasteiger partial charge is 0.350 e. The average molecular weight is 463 g/mol. The molecule has 0 amide bonds. The van der Waals surface area contributed by atoms with Crippen molar-refractivity contribution < 1.29 is 14.6 Å². The molecule has 0 spiro atoms. The van der Waals surface area contributed by atoms with Crippen molar-refractivity contribution in [2.24, 2.45) is 4.99 Å². The highest BCUT2D eigenvalue weighted by Crippen LogP contribution is 2.29. The van der Waals surface area contributed by atoms with E-state index in [-0.39, 0.29) is 11.3 Å². The minimum atomic E-state index is -0.763. The highest BCUT2D eigenvalue weighted by Gasteiger charge is 2.19. The molecule has 1 aromatic carbocycles. The molecule has 1 aromatic heterocycles. The number of methoxy groups -OCH3 is 1. The molecule has 0 aliphatic rings. The van der Waals surface area contributed by atoms with Crippen LogP contribution in [0.25, 0.3) is 22.6 Å². The lowest BCUT2D eigenvalue weighted by atomic mass is 9.99. The molecule has 0 saturated carbocycles. The molecule has 0 radical (unpaired) electrons. The van der Waals surface area contributed by atoms with Crippen LogP contribution in [-0.2, 0) is 16.0 Å². The molecule has 0 saturated heterocycles. The van der Waals surface area contributed by atoms with Crippen molar-refractivity contribution in [1.29, 1.82) is 0 Å². The van der Waals surface area contributed by atoms with Gasteiger partial charge in [-0.25, -0.2) is 9.78 Å². The Hall–Kier alpha value is -3.65. The van der Waals surface area contributed by atoms with E-state index in [2.05, 4.69) is 34.7 Å². The Morgan fingerprint density at radius 3 is 2.38 bits per heavy atom. The minimum Gasteiger partial charge on any atom is -0.506 e. The molecule has 2 aromatic rings. The van der Waals surface area contributed by atoms with Gasteiger partial charge in [-0.05, 0) is 62.7 Å². The van der Waals surface area contributed by atoms with Crippen LogP contribution in [0.1, 0.15) is 64.8 Å². The van der Waals surface area contributed by atoms with Crippen molar-refractivity contribution in [2.45, 2.75) is 54.4 Å². The van der Waals surface area contributed by atoms with Crippen LogP contribution >= 0.6 is 0 Å². The molecule has 5 nitrogen and oxygen atoms in total. The molecular formula is C29H38N2O3. The number of allylic oxidation sites excluding steroid dienone is 2. The number of pyridine rings is 1. The molecule has 5 heteroatoms. The van der Waals surface area contributed by atoms with Gasteiger partial charge in [-0.1, -0.05) is 57.4 Å². The lowest BCUT2D eigenvalue weighted by molar-refractivity contribution is -0.135. The first-order valence-electron chi connectivity index (χ1n) is 11.5. The summed E-state index contributed by atoms with van der Waals surface area (Å²) in [5.74, 6) is 1.13. The Kier molecular flexibility index (Phi) is 15.1. The normalized spacial score (nSPS) is 11.3. The predicted molar refractivity (Wildman–Crippen MR) is 145 cm³/mol. The van der Waals surface area contributed by atoms with E-state index in [0.29, 0.717) is 11.3 Å². The van der Waals surface area contributed by atoms with Crippen LogP contribution in [0, 0.1) is 12.3 Å². The summed E-state index contributed by atoms with van der Waals surface area (Å²) in [6.45, 7) is 11.8. The molecule has 2 rings (SSSR count). The number of rotatable bonds is 6. The second kappa shape index (κ2) is 16.9. The minimum absolute atomic E-state index is 0.229. The number of aliphatic imine (C=N–C) groups is 1. The van der Waals surface area contributed by atoms with Gasteiger partial charge in [-0.15, -0.1) is 6.42 Å². The van der Waals surface area contributed by atoms with Crippen LogP contribution in [0.5, 0.6) is 0 Å². The number of aliphatic hydroxyl groups is 1. The molecule has 0 unspecified atom stereocenters. The highest BCUT2D eigenvalue weighted by atomic mass is 16.5. The Balaban J connectivity index is 0.00000164. The maximum Gasteiger partial charge on any atom is 0.350 e. The molecule has 1 N–H and O–H groups in total. The number of aliphatic hydroxyl groups excluding tert-OH is 1. The van der Waals surface area contributed by atoms with Gasteiger partial charge >= 0.3 is 5.97 Å². The van der Waals surface area contributed by atoms with Gasteiger partial charge in [0, 0.05) is 18.2 Å². The van der Waals surface area contributed by atoms with E-state index in [9.17, 15) is 9.90 Å². The van der Waals surface area contributed by atoms with Gasteiger partial charge in [0.25, 0.3) is 0 Å². The monoisotopic (exact) mass is 462 g/mol. The summed E-state index contributed by atoms with van der Waals surface area (Å²) in [6.07, 6.45) is 11.1. The number of aromatic nitrogens is 1. The number of carbonyl (C=O) groups excluding carboxylic acids is 1. The molecule has 0 atom stereocenters. The number of hydrogen-bond acceptors (Lipinski definition) is 5. The Morgan fingerprint density at radius 2 is 1.88 bits per heavy atom. The van der Waals surface area contributed by atoms with Gasteiger partial charge in [0.2, 0.25) is 0 Å². The van der Waals surface area contributed by atoms with Crippen molar-refractivity contribution in [3.8, 4) is 23.6 Å². The number of aryl methyl sites for hydroxylation is 1. The molecule has 1 heterocycles. The Morgan fingerprint density at radius 1 is 1.24 bits per heavy atom. The quantitative estimate of drug-likeness (QED) is 0.166. The summed E-state index contributed by atoms with van der Waals surface area (Å²) >= 11 is 0. The Labute approximate surface area is 205 Å². The number of esters is 1. The van der Waals surface area contributed by atoms with E-state index in [1.165, 1.54) is 12.7 Å². The fourth-order valence-electron chi connectivity index (χ4n) is 2.88. The van der Waals surface area contributed by atoms with Crippen LogP contribution in [0.3, 0.4) is 0 Å². The SMILES string of the molecule is C#C/C(C(=O)OC)=C(/O)c1ccc(-c2cccc(CCC)c2)nc1/C(C)=C\C.CC.CC=NC. The number of carbonyl (C=O) groups is 1. The number of nitrogens with zero attached hydrogens (tertiary/aromatic N) is 2. The summed E-state index contributed by atoms with van der Waals surface area (Å²) in [5.41, 5.74) is 4.61. The molecular weight excluding hydrogens is 424 g/mol. The topological polar surface area (TPSA) is 71.8 Å². The number of hydrogen-bond donors (Lipinski definition) is 1. The lowest BCUT2D eigenvalue weighted by Gasteiger charge is -2.13. The number of ether oxygens (including phenoxy) is 1. The molecule has 0 fully saturated rings. The predicted octanol–water partition coefficient (Wildman–Crippen LogP) is 6.93.